The summed E-state index contributed by atoms with van der Waals surface area (Å²) in [6.45, 7) is 2.08. The molecule has 1 aromatic carbocycles. The molecule has 3 nitrogen and oxygen atoms in total. The van der Waals surface area contributed by atoms with Gasteiger partial charge in [0.1, 0.15) is 5.52 Å². The molecule has 0 aliphatic heterocycles. The lowest BCUT2D eigenvalue weighted by Gasteiger charge is -2.31. The average Bonchev–Trinajstić information content (AvgIpc) is 2.96. The minimum atomic E-state index is 0.441. The monoisotopic (exact) mass is 325 g/mol. The zero-order valence-electron chi connectivity index (χ0n) is 13.2. The van der Waals surface area contributed by atoms with Gasteiger partial charge < -0.3 is 4.98 Å². The normalized spacial score (nSPS) is 21.7. The van der Waals surface area contributed by atoms with Gasteiger partial charge in [0.05, 0.1) is 11.9 Å². The molecule has 2 heterocycles. The first-order valence-corrected chi connectivity index (χ1v) is 8.66. The highest BCUT2D eigenvalue weighted by atomic mass is 35.5. The lowest BCUT2D eigenvalue weighted by atomic mass is 9.74. The summed E-state index contributed by atoms with van der Waals surface area (Å²) < 4.78 is 0. The second kappa shape index (κ2) is 5.97. The lowest BCUT2D eigenvalue weighted by Crippen LogP contribution is -2.17. The number of H-pyrrole nitrogens is 1. The Morgan fingerprint density at radius 2 is 1.83 bits per heavy atom. The SMILES string of the molecule is Cc1c[nH]c2ncc(C3CCCCC3c3ccc(Cl)cc3)nc12. The minimum absolute atomic E-state index is 0.441. The van der Waals surface area contributed by atoms with Gasteiger partial charge in [-0.25, -0.2) is 9.97 Å². The average molecular weight is 326 g/mol. The van der Waals surface area contributed by atoms with E-state index in [0.717, 1.165) is 27.4 Å². The summed E-state index contributed by atoms with van der Waals surface area (Å²) in [5, 5.41) is 0.797. The van der Waals surface area contributed by atoms with Crippen molar-refractivity contribution in [2.45, 2.75) is 44.4 Å². The summed E-state index contributed by atoms with van der Waals surface area (Å²) in [6, 6.07) is 8.32. The molecule has 2 aromatic heterocycles. The van der Waals surface area contributed by atoms with E-state index in [1.807, 2.05) is 24.5 Å². The molecule has 2 atom stereocenters. The van der Waals surface area contributed by atoms with Gasteiger partial charge in [0.15, 0.2) is 5.65 Å². The number of nitrogens with zero attached hydrogens (tertiary/aromatic N) is 2. The summed E-state index contributed by atoms with van der Waals surface area (Å²) in [5.74, 6) is 0.947. The Balaban J connectivity index is 1.73. The highest BCUT2D eigenvalue weighted by Crippen LogP contribution is 2.43. The maximum atomic E-state index is 6.05. The highest BCUT2D eigenvalue weighted by Gasteiger charge is 2.29. The van der Waals surface area contributed by atoms with Crippen LogP contribution in [0.25, 0.3) is 11.2 Å². The van der Waals surface area contributed by atoms with E-state index in [4.69, 9.17) is 16.6 Å². The molecule has 0 radical (unpaired) electrons. The molecule has 118 valence electrons. The zero-order valence-corrected chi connectivity index (χ0v) is 14.0. The quantitative estimate of drug-likeness (QED) is 0.689. The van der Waals surface area contributed by atoms with Crippen LogP contribution in [0.5, 0.6) is 0 Å². The summed E-state index contributed by atoms with van der Waals surface area (Å²) in [6.07, 6.45) is 8.86. The van der Waals surface area contributed by atoms with Crippen molar-refractivity contribution in [2.75, 3.05) is 0 Å². The number of hydrogen-bond acceptors (Lipinski definition) is 2. The number of nitrogens with one attached hydrogen (secondary N) is 1. The van der Waals surface area contributed by atoms with Crippen molar-refractivity contribution in [1.29, 1.82) is 0 Å². The van der Waals surface area contributed by atoms with Crippen LogP contribution in [0.2, 0.25) is 5.02 Å². The maximum absolute atomic E-state index is 6.05. The van der Waals surface area contributed by atoms with Crippen LogP contribution in [0.15, 0.2) is 36.7 Å². The molecule has 2 unspecified atom stereocenters. The summed E-state index contributed by atoms with van der Waals surface area (Å²) in [5.41, 5.74) is 5.54. The van der Waals surface area contributed by atoms with Gasteiger partial charge in [-0.2, -0.15) is 0 Å². The van der Waals surface area contributed by atoms with E-state index in [-0.39, 0.29) is 0 Å². The number of aryl methyl sites for hydroxylation is 1. The maximum Gasteiger partial charge on any atom is 0.156 e. The molecule has 4 rings (SSSR count). The minimum Gasteiger partial charge on any atom is -0.345 e. The predicted octanol–water partition coefficient (Wildman–Crippen LogP) is 5.36. The first-order chi connectivity index (χ1) is 11.2. The molecule has 0 saturated heterocycles. The van der Waals surface area contributed by atoms with Crippen LogP contribution in [0.1, 0.15) is 54.3 Å². The van der Waals surface area contributed by atoms with Crippen LogP contribution in [-0.2, 0) is 0 Å². The smallest absolute Gasteiger partial charge is 0.156 e. The van der Waals surface area contributed by atoms with E-state index in [9.17, 15) is 0 Å². The topological polar surface area (TPSA) is 41.6 Å². The van der Waals surface area contributed by atoms with Gasteiger partial charge >= 0.3 is 0 Å². The van der Waals surface area contributed by atoms with Gasteiger partial charge in [-0.05, 0) is 48.9 Å². The number of hydrogen-bond donors (Lipinski definition) is 1. The first-order valence-electron chi connectivity index (χ1n) is 8.28. The van der Waals surface area contributed by atoms with Crippen molar-refractivity contribution >= 4 is 22.8 Å². The number of fused-ring (bicyclic) bond motifs is 1. The molecule has 1 N–H and O–H groups in total. The third-order valence-corrected chi connectivity index (χ3v) is 5.29. The molecular weight excluding hydrogens is 306 g/mol. The second-order valence-electron chi connectivity index (χ2n) is 6.51. The lowest BCUT2D eigenvalue weighted by molar-refractivity contribution is 0.380. The molecule has 23 heavy (non-hydrogen) atoms. The fraction of sp³-hybridized carbons (Fsp3) is 0.368. The molecule has 3 aromatic rings. The third-order valence-electron chi connectivity index (χ3n) is 5.03. The second-order valence-corrected chi connectivity index (χ2v) is 6.95. The number of benzene rings is 1. The Kier molecular flexibility index (Phi) is 3.82. The number of halogens is 1. The largest absolute Gasteiger partial charge is 0.345 e. The van der Waals surface area contributed by atoms with Crippen LogP contribution >= 0.6 is 11.6 Å². The summed E-state index contributed by atoms with van der Waals surface area (Å²) in [7, 11) is 0. The van der Waals surface area contributed by atoms with Crippen molar-refractivity contribution < 1.29 is 0 Å². The van der Waals surface area contributed by atoms with E-state index in [2.05, 4.69) is 29.0 Å². The molecule has 4 heteroatoms. The third kappa shape index (κ3) is 2.74. The van der Waals surface area contributed by atoms with E-state index >= 15 is 0 Å². The van der Waals surface area contributed by atoms with Gasteiger partial charge in [-0.3, -0.25) is 0 Å². The zero-order chi connectivity index (χ0) is 15.8. The van der Waals surface area contributed by atoms with Gasteiger partial charge in [-0.1, -0.05) is 36.6 Å². The van der Waals surface area contributed by atoms with E-state index < -0.39 is 0 Å². The van der Waals surface area contributed by atoms with Crippen molar-refractivity contribution in [3.8, 4) is 0 Å². The van der Waals surface area contributed by atoms with Crippen molar-refractivity contribution in [3.05, 3.63) is 58.5 Å². The van der Waals surface area contributed by atoms with Crippen molar-refractivity contribution in [2.24, 2.45) is 0 Å². The Bertz CT molecular complexity index is 822. The Hall–Kier alpha value is -1.87. The Morgan fingerprint density at radius 1 is 1.09 bits per heavy atom. The van der Waals surface area contributed by atoms with Crippen molar-refractivity contribution in [1.82, 2.24) is 15.0 Å². The molecule has 1 fully saturated rings. The molecule has 0 bridgehead atoms. The molecular formula is C19H20ClN3. The fourth-order valence-electron chi connectivity index (χ4n) is 3.80. The molecule has 0 spiro atoms. The van der Waals surface area contributed by atoms with Gasteiger partial charge in [0, 0.05) is 17.1 Å². The fourth-order valence-corrected chi connectivity index (χ4v) is 3.93. The van der Waals surface area contributed by atoms with E-state index in [0.29, 0.717) is 11.8 Å². The Labute approximate surface area is 141 Å². The van der Waals surface area contributed by atoms with E-state index in [1.165, 1.54) is 31.2 Å². The van der Waals surface area contributed by atoms with Crippen LogP contribution in [0, 0.1) is 6.92 Å². The first kappa shape index (κ1) is 14.7. The van der Waals surface area contributed by atoms with Gasteiger partial charge in [0.2, 0.25) is 0 Å². The van der Waals surface area contributed by atoms with Gasteiger partial charge in [0.25, 0.3) is 0 Å². The molecule has 0 amide bonds. The number of aromatic amines is 1. The Morgan fingerprint density at radius 3 is 2.61 bits per heavy atom. The highest BCUT2D eigenvalue weighted by molar-refractivity contribution is 6.30. The molecule has 1 aliphatic carbocycles. The number of rotatable bonds is 2. The van der Waals surface area contributed by atoms with Crippen LogP contribution in [0.4, 0.5) is 0 Å². The predicted molar refractivity (Wildman–Crippen MR) is 94.0 cm³/mol. The van der Waals surface area contributed by atoms with Crippen LogP contribution in [0.3, 0.4) is 0 Å². The van der Waals surface area contributed by atoms with Gasteiger partial charge in [-0.15, -0.1) is 0 Å². The number of aromatic nitrogens is 3. The summed E-state index contributed by atoms with van der Waals surface area (Å²) >= 11 is 6.05. The summed E-state index contributed by atoms with van der Waals surface area (Å²) in [4.78, 5) is 12.7. The van der Waals surface area contributed by atoms with Crippen LogP contribution in [-0.4, -0.2) is 15.0 Å². The molecule has 1 saturated carbocycles. The van der Waals surface area contributed by atoms with E-state index in [1.54, 1.807) is 0 Å². The van der Waals surface area contributed by atoms with Crippen molar-refractivity contribution in [3.63, 3.8) is 0 Å². The van der Waals surface area contributed by atoms with Crippen LogP contribution < -0.4 is 0 Å². The standard InChI is InChI=1S/C19H20ClN3/c1-12-10-21-19-18(12)23-17(11-22-19)16-5-3-2-4-15(16)13-6-8-14(20)9-7-13/h6-11,15-16H,2-5H2,1H3,(H,21,22). The molecule has 1 aliphatic rings.